The molecule has 7 nitrogen and oxygen atoms in total. The molecule has 1 heterocycles. The van der Waals surface area contributed by atoms with Gasteiger partial charge in [-0.3, -0.25) is 9.69 Å². The molecule has 0 amide bonds. The summed E-state index contributed by atoms with van der Waals surface area (Å²) in [6.45, 7) is 6.35. The predicted molar refractivity (Wildman–Crippen MR) is 193 cm³/mol. The van der Waals surface area contributed by atoms with E-state index in [0.717, 1.165) is 68.3 Å². The number of Topliss-reactive ketones (excluding diaryl/α,β-unsaturated/α-hetero) is 1. The van der Waals surface area contributed by atoms with E-state index in [-0.39, 0.29) is 42.3 Å². The number of nitrogens with zero attached hydrogens (tertiary/aromatic N) is 1. The molecule has 2 spiro atoms. The van der Waals surface area contributed by atoms with Crippen LogP contribution < -0.4 is 0 Å². The van der Waals surface area contributed by atoms with Crippen molar-refractivity contribution in [2.75, 3.05) is 32.8 Å². The van der Waals surface area contributed by atoms with E-state index in [0.29, 0.717) is 31.5 Å². The van der Waals surface area contributed by atoms with E-state index in [4.69, 9.17) is 4.74 Å². The van der Waals surface area contributed by atoms with Crippen LogP contribution in [0.1, 0.15) is 82.0 Å². The summed E-state index contributed by atoms with van der Waals surface area (Å²) in [5, 5.41) is 44.4. The number of aliphatic hydroxyl groups is 4. The third-order valence-corrected chi connectivity index (χ3v) is 14.9. The second-order valence-electron chi connectivity index (χ2n) is 17.2. The summed E-state index contributed by atoms with van der Waals surface area (Å²) < 4.78 is 5.99. The fraction of sp³-hybridized carbons (Fsp3) is 0.605. The summed E-state index contributed by atoms with van der Waals surface area (Å²) >= 11 is 0. The lowest BCUT2D eigenvalue weighted by molar-refractivity contribution is -0.177. The molecule has 2 bridgehead atoms. The summed E-state index contributed by atoms with van der Waals surface area (Å²) in [5.74, 6) is 0.300. The van der Waals surface area contributed by atoms with Crippen molar-refractivity contribution in [2.24, 2.45) is 33.5 Å². The molecule has 0 radical (unpaired) electrons. The second kappa shape index (κ2) is 12.5. The maximum absolute atomic E-state index is 15.4. The number of benzene rings is 2. The Morgan fingerprint density at radius 1 is 0.940 bits per heavy atom. The quantitative estimate of drug-likeness (QED) is 0.181. The summed E-state index contributed by atoms with van der Waals surface area (Å²) in [6, 6.07) is 18.1. The maximum atomic E-state index is 15.4. The lowest BCUT2D eigenvalue weighted by atomic mass is 9.32. The normalized spacial score (nSPS) is 40.7. The topological polar surface area (TPSA) is 110 Å². The zero-order chi connectivity index (χ0) is 34.9. The van der Waals surface area contributed by atoms with Gasteiger partial charge in [-0.2, -0.15) is 0 Å². The van der Waals surface area contributed by atoms with Gasteiger partial charge in [0.25, 0.3) is 0 Å². The third-order valence-electron chi connectivity index (χ3n) is 14.9. The SMILES string of the molecule is CC12CCC(O)CC13C=CC1(C(C(=O)c4ccccc4-c4ccccc4)=C3)C2CCC2(C)C1CCC2(O)CN(CC(O)CO)CC1CCCO1. The van der Waals surface area contributed by atoms with Gasteiger partial charge in [-0.15, -0.1) is 0 Å². The van der Waals surface area contributed by atoms with Crippen LogP contribution in [-0.2, 0) is 4.74 Å². The molecule has 9 rings (SSSR count). The van der Waals surface area contributed by atoms with Crippen LogP contribution in [0.4, 0.5) is 0 Å². The van der Waals surface area contributed by atoms with E-state index in [1.54, 1.807) is 0 Å². The van der Waals surface area contributed by atoms with Crippen LogP contribution >= 0.6 is 0 Å². The average Bonchev–Trinajstić information content (AvgIpc) is 3.73. The van der Waals surface area contributed by atoms with Gasteiger partial charge in [0.05, 0.1) is 30.5 Å². The predicted octanol–water partition coefficient (Wildman–Crippen LogP) is 5.96. The Labute approximate surface area is 297 Å². The van der Waals surface area contributed by atoms with Crippen LogP contribution in [0.25, 0.3) is 11.1 Å². The lowest BCUT2D eigenvalue weighted by Crippen LogP contribution is -2.67. The molecular formula is C43H55NO6. The van der Waals surface area contributed by atoms with Gasteiger partial charge in [-0.25, -0.2) is 0 Å². The fourth-order valence-corrected chi connectivity index (χ4v) is 12.3. The molecule has 4 N–H and O–H groups in total. The Morgan fingerprint density at radius 3 is 2.42 bits per heavy atom. The first-order valence-electron chi connectivity index (χ1n) is 19.1. The van der Waals surface area contributed by atoms with E-state index in [1.165, 1.54) is 0 Å². The van der Waals surface area contributed by atoms with Gasteiger partial charge in [0.15, 0.2) is 5.78 Å². The molecular weight excluding hydrogens is 626 g/mol. The Kier molecular flexibility index (Phi) is 8.60. The molecule has 7 heteroatoms. The number of carbonyl (C=O) groups is 1. The highest BCUT2D eigenvalue weighted by Crippen LogP contribution is 2.78. The minimum atomic E-state index is -1.05. The average molecular weight is 682 g/mol. The number of aliphatic hydroxyl groups excluding tert-OH is 3. The number of ether oxygens (including phenoxy) is 1. The molecule has 1 aliphatic heterocycles. The molecule has 2 aromatic rings. The van der Waals surface area contributed by atoms with Gasteiger partial charge in [0, 0.05) is 53.6 Å². The van der Waals surface area contributed by atoms with Crippen molar-refractivity contribution in [3.05, 3.63) is 84.0 Å². The standard InChI is InChI=1S/C43H55NO6/c1-39-17-14-30(46)23-41(39)20-21-43(35(24-41)38(48)34-13-7-6-12-33(34)29-9-4-3-5-10-29)36(39)15-18-40(2)37(43)16-19-42(40,49)28-44(25-31(47)27-45)26-32-11-8-22-50-32/h3-7,9-10,12-13,20-21,24,30-32,36-37,45-47,49H,8,11,14-19,22-23,25-28H2,1-2H3. The highest BCUT2D eigenvalue weighted by molar-refractivity contribution is 6.14. The van der Waals surface area contributed by atoms with Crippen LogP contribution in [0.3, 0.4) is 0 Å². The van der Waals surface area contributed by atoms with E-state index in [1.807, 2.05) is 42.5 Å². The van der Waals surface area contributed by atoms with Gasteiger partial charge in [-0.1, -0.05) is 86.7 Å². The third kappa shape index (κ3) is 5.02. The minimum absolute atomic E-state index is 0.0309. The van der Waals surface area contributed by atoms with Crippen molar-refractivity contribution >= 4 is 5.78 Å². The maximum Gasteiger partial charge on any atom is 0.190 e. The Bertz CT molecular complexity index is 1670. The molecule has 268 valence electrons. The van der Waals surface area contributed by atoms with Crippen LogP contribution in [0.5, 0.6) is 0 Å². The first kappa shape index (κ1) is 34.4. The second-order valence-corrected chi connectivity index (χ2v) is 17.2. The molecule has 6 aliphatic carbocycles. The first-order chi connectivity index (χ1) is 24.0. The van der Waals surface area contributed by atoms with Gasteiger partial charge < -0.3 is 25.2 Å². The van der Waals surface area contributed by atoms with E-state index in [9.17, 15) is 20.4 Å². The number of rotatable bonds is 10. The summed E-state index contributed by atoms with van der Waals surface area (Å²) in [7, 11) is 0. The fourth-order valence-electron chi connectivity index (χ4n) is 12.3. The minimum Gasteiger partial charge on any atom is -0.394 e. The summed E-state index contributed by atoms with van der Waals surface area (Å²) in [5.41, 5.74) is 0.891. The molecule has 7 aliphatic rings. The van der Waals surface area contributed by atoms with E-state index in [2.05, 4.69) is 49.1 Å². The largest absolute Gasteiger partial charge is 0.394 e. The van der Waals surface area contributed by atoms with Gasteiger partial charge >= 0.3 is 0 Å². The molecule has 4 fully saturated rings. The number of hydrogen-bond acceptors (Lipinski definition) is 7. The summed E-state index contributed by atoms with van der Waals surface area (Å²) in [4.78, 5) is 17.5. The zero-order valence-corrected chi connectivity index (χ0v) is 29.8. The van der Waals surface area contributed by atoms with Gasteiger partial charge in [0.1, 0.15) is 0 Å². The van der Waals surface area contributed by atoms with Crippen LogP contribution in [0.2, 0.25) is 0 Å². The Morgan fingerprint density at radius 2 is 1.66 bits per heavy atom. The first-order valence-corrected chi connectivity index (χ1v) is 19.1. The number of hydrogen-bond donors (Lipinski definition) is 4. The monoisotopic (exact) mass is 681 g/mol. The Hall–Kier alpha value is -2.65. The molecule has 3 saturated carbocycles. The number of ketones is 1. The van der Waals surface area contributed by atoms with E-state index < -0.39 is 34.1 Å². The molecule has 1 saturated heterocycles. The van der Waals surface area contributed by atoms with Crippen molar-refractivity contribution in [1.82, 2.24) is 4.90 Å². The van der Waals surface area contributed by atoms with Crippen molar-refractivity contribution in [1.29, 1.82) is 0 Å². The van der Waals surface area contributed by atoms with Crippen molar-refractivity contribution in [3.8, 4) is 11.1 Å². The Balaban J connectivity index is 1.22. The number of allylic oxidation sites excluding steroid dienone is 4. The zero-order valence-electron chi connectivity index (χ0n) is 29.8. The van der Waals surface area contributed by atoms with Crippen LogP contribution in [0, 0.1) is 33.5 Å². The molecule has 0 aromatic heterocycles. The highest BCUT2D eigenvalue weighted by atomic mass is 16.5. The molecule has 50 heavy (non-hydrogen) atoms. The lowest BCUT2D eigenvalue weighted by Gasteiger charge is -2.71. The van der Waals surface area contributed by atoms with Crippen molar-refractivity contribution in [2.45, 2.75) is 95.5 Å². The van der Waals surface area contributed by atoms with Gasteiger partial charge in [-0.05, 0) is 86.2 Å². The van der Waals surface area contributed by atoms with Crippen molar-refractivity contribution < 1.29 is 30.0 Å². The number of carbonyl (C=O) groups excluding carboxylic acids is 1. The van der Waals surface area contributed by atoms with E-state index >= 15 is 4.79 Å². The van der Waals surface area contributed by atoms with Crippen LogP contribution in [-0.4, -0.2) is 87.9 Å². The summed E-state index contributed by atoms with van der Waals surface area (Å²) in [6.07, 6.45) is 13.2. The molecule has 10 unspecified atom stereocenters. The molecule has 2 aromatic carbocycles. The molecule has 10 atom stereocenters. The smallest absolute Gasteiger partial charge is 0.190 e. The van der Waals surface area contributed by atoms with Crippen molar-refractivity contribution in [3.63, 3.8) is 0 Å². The number of fused-ring (bicyclic) bond motifs is 1. The van der Waals surface area contributed by atoms with Gasteiger partial charge in [0.2, 0.25) is 0 Å². The highest BCUT2D eigenvalue weighted by Gasteiger charge is 2.74. The van der Waals surface area contributed by atoms with Crippen LogP contribution in [0.15, 0.2) is 78.4 Å².